The van der Waals surface area contributed by atoms with Gasteiger partial charge in [-0.2, -0.15) is 0 Å². The second-order valence-corrected chi connectivity index (χ2v) is 4.66. The van der Waals surface area contributed by atoms with E-state index < -0.39 is 0 Å². The van der Waals surface area contributed by atoms with Crippen molar-refractivity contribution in [2.24, 2.45) is 4.99 Å². The molecule has 0 heterocycles. The van der Waals surface area contributed by atoms with Crippen LogP contribution >= 0.6 is 0 Å². The zero-order chi connectivity index (χ0) is 14.1. The highest BCUT2D eigenvalue weighted by Crippen LogP contribution is 2.13. The van der Waals surface area contributed by atoms with Crippen LogP contribution in [0.15, 0.2) is 29.3 Å². The molecule has 0 bridgehead atoms. The van der Waals surface area contributed by atoms with E-state index in [0.29, 0.717) is 0 Å². The molecule has 1 aromatic rings. The van der Waals surface area contributed by atoms with Crippen molar-refractivity contribution in [3.63, 3.8) is 0 Å². The van der Waals surface area contributed by atoms with Gasteiger partial charge in [-0.3, -0.25) is 4.99 Å². The average molecular weight is 263 g/mol. The van der Waals surface area contributed by atoms with Crippen LogP contribution in [0.3, 0.4) is 0 Å². The number of nitrogens with one attached hydrogen (secondary N) is 2. The molecule has 4 heteroatoms. The van der Waals surface area contributed by atoms with Crippen molar-refractivity contribution in [1.82, 2.24) is 10.6 Å². The van der Waals surface area contributed by atoms with Gasteiger partial charge in [0.15, 0.2) is 5.96 Å². The van der Waals surface area contributed by atoms with Gasteiger partial charge in [-0.25, -0.2) is 0 Å². The van der Waals surface area contributed by atoms with Gasteiger partial charge < -0.3 is 15.4 Å². The van der Waals surface area contributed by atoms with Gasteiger partial charge in [0.25, 0.3) is 0 Å². The lowest BCUT2D eigenvalue weighted by Gasteiger charge is -2.12. The number of hydrogen-bond donors (Lipinski definition) is 2. The number of nitrogens with zero attached hydrogens (tertiary/aromatic N) is 1. The van der Waals surface area contributed by atoms with Gasteiger partial charge in [0.2, 0.25) is 0 Å². The number of hydrogen-bond acceptors (Lipinski definition) is 2. The Morgan fingerprint density at radius 1 is 1.21 bits per heavy atom. The highest BCUT2D eigenvalue weighted by atomic mass is 16.5. The van der Waals surface area contributed by atoms with Gasteiger partial charge in [-0.15, -0.1) is 0 Å². The molecule has 0 spiro atoms. The summed E-state index contributed by atoms with van der Waals surface area (Å²) in [7, 11) is 1.78. The van der Waals surface area contributed by atoms with Crippen LogP contribution in [-0.4, -0.2) is 25.7 Å². The molecule has 0 unspecified atom stereocenters. The molecule has 0 aliphatic rings. The molecule has 0 saturated carbocycles. The van der Waals surface area contributed by atoms with Gasteiger partial charge in [-0.1, -0.05) is 19.1 Å². The van der Waals surface area contributed by atoms with E-state index in [1.165, 1.54) is 5.56 Å². The maximum absolute atomic E-state index is 5.61. The number of aliphatic imine (C=N–C) groups is 1. The number of rotatable bonds is 6. The van der Waals surface area contributed by atoms with Crippen molar-refractivity contribution in [1.29, 1.82) is 0 Å². The van der Waals surface area contributed by atoms with Gasteiger partial charge in [0.1, 0.15) is 5.75 Å². The molecule has 0 aliphatic heterocycles. The first kappa shape index (κ1) is 15.3. The lowest BCUT2D eigenvalue weighted by Crippen LogP contribution is -2.37. The Kier molecular flexibility index (Phi) is 6.79. The minimum absolute atomic E-state index is 0.209. The first-order valence-corrected chi connectivity index (χ1v) is 6.85. The molecule has 0 fully saturated rings. The summed E-state index contributed by atoms with van der Waals surface area (Å²) in [5, 5.41) is 6.52. The average Bonchev–Trinajstić information content (AvgIpc) is 2.40. The zero-order valence-corrected chi connectivity index (χ0v) is 12.4. The fraction of sp³-hybridized carbons (Fsp3) is 0.533. The van der Waals surface area contributed by atoms with Crippen LogP contribution in [0.25, 0.3) is 0 Å². The van der Waals surface area contributed by atoms with Gasteiger partial charge in [-0.05, 0) is 38.0 Å². The Bertz CT molecular complexity index is 385. The number of ether oxygens (including phenoxy) is 1. The Morgan fingerprint density at radius 2 is 1.89 bits per heavy atom. The molecule has 1 aromatic carbocycles. The first-order chi connectivity index (χ1) is 9.15. The van der Waals surface area contributed by atoms with E-state index in [1.54, 1.807) is 7.05 Å². The molecule has 1 rings (SSSR count). The summed E-state index contributed by atoms with van der Waals surface area (Å²) in [5.74, 6) is 1.75. The molecule has 0 atom stereocenters. The van der Waals surface area contributed by atoms with Crippen molar-refractivity contribution in [2.75, 3.05) is 13.6 Å². The molecule has 4 nitrogen and oxygen atoms in total. The summed E-state index contributed by atoms with van der Waals surface area (Å²) in [4.78, 5) is 4.17. The number of guanidine groups is 1. The largest absolute Gasteiger partial charge is 0.491 e. The molecule has 0 saturated heterocycles. The molecule has 0 amide bonds. The van der Waals surface area contributed by atoms with E-state index in [-0.39, 0.29) is 6.10 Å². The van der Waals surface area contributed by atoms with Crippen LogP contribution in [0.2, 0.25) is 0 Å². The lowest BCUT2D eigenvalue weighted by atomic mass is 10.2. The summed E-state index contributed by atoms with van der Waals surface area (Å²) in [5.41, 5.74) is 1.20. The maximum Gasteiger partial charge on any atom is 0.191 e. The third-order valence-electron chi connectivity index (χ3n) is 2.52. The predicted molar refractivity (Wildman–Crippen MR) is 80.7 cm³/mol. The smallest absolute Gasteiger partial charge is 0.191 e. The van der Waals surface area contributed by atoms with Crippen LogP contribution in [0.5, 0.6) is 5.75 Å². The summed E-state index contributed by atoms with van der Waals surface area (Å²) in [6.45, 7) is 7.87. The SMILES string of the molecule is CCCNC(=NC)NCc1ccc(OC(C)C)cc1. The van der Waals surface area contributed by atoms with E-state index in [0.717, 1.165) is 31.2 Å². The second kappa shape index (κ2) is 8.40. The van der Waals surface area contributed by atoms with E-state index in [1.807, 2.05) is 26.0 Å². The predicted octanol–water partition coefficient (Wildman–Crippen LogP) is 2.55. The Morgan fingerprint density at radius 3 is 2.42 bits per heavy atom. The van der Waals surface area contributed by atoms with E-state index in [9.17, 15) is 0 Å². The van der Waals surface area contributed by atoms with Crippen LogP contribution in [0.1, 0.15) is 32.8 Å². The lowest BCUT2D eigenvalue weighted by molar-refractivity contribution is 0.242. The Balaban J connectivity index is 2.44. The normalized spacial score (nSPS) is 11.5. The van der Waals surface area contributed by atoms with Crippen molar-refractivity contribution in [3.05, 3.63) is 29.8 Å². The third-order valence-corrected chi connectivity index (χ3v) is 2.52. The summed E-state index contributed by atoms with van der Waals surface area (Å²) in [6.07, 6.45) is 1.29. The summed E-state index contributed by atoms with van der Waals surface area (Å²) < 4.78 is 5.61. The quantitative estimate of drug-likeness (QED) is 0.612. The van der Waals surface area contributed by atoms with E-state index in [2.05, 4.69) is 34.7 Å². The highest BCUT2D eigenvalue weighted by Gasteiger charge is 1.99. The fourth-order valence-corrected chi connectivity index (χ4v) is 1.61. The summed E-state index contributed by atoms with van der Waals surface area (Å²) >= 11 is 0. The van der Waals surface area contributed by atoms with Crippen LogP contribution < -0.4 is 15.4 Å². The van der Waals surface area contributed by atoms with Gasteiger partial charge >= 0.3 is 0 Å². The maximum atomic E-state index is 5.61. The van der Waals surface area contributed by atoms with Crippen LogP contribution in [0.4, 0.5) is 0 Å². The third kappa shape index (κ3) is 6.13. The van der Waals surface area contributed by atoms with Crippen LogP contribution in [-0.2, 0) is 6.54 Å². The summed E-state index contributed by atoms with van der Waals surface area (Å²) in [6, 6.07) is 8.13. The molecule has 2 N–H and O–H groups in total. The first-order valence-electron chi connectivity index (χ1n) is 6.85. The molecule has 0 radical (unpaired) electrons. The topological polar surface area (TPSA) is 45.7 Å². The van der Waals surface area contributed by atoms with Crippen molar-refractivity contribution in [3.8, 4) is 5.75 Å². The van der Waals surface area contributed by atoms with Crippen molar-refractivity contribution < 1.29 is 4.74 Å². The molecular formula is C15H25N3O. The Hall–Kier alpha value is -1.71. The van der Waals surface area contributed by atoms with Crippen molar-refractivity contribution in [2.45, 2.75) is 39.8 Å². The van der Waals surface area contributed by atoms with E-state index in [4.69, 9.17) is 4.74 Å². The standard InChI is InChI=1S/C15H25N3O/c1-5-10-17-15(16-4)18-11-13-6-8-14(9-7-13)19-12(2)3/h6-9,12H,5,10-11H2,1-4H3,(H2,16,17,18). The van der Waals surface area contributed by atoms with E-state index >= 15 is 0 Å². The molecule has 19 heavy (non-hydrogen) atoms. The fourth-order valence-electron chi connectivity index (χ4n) is 1.61. The molecular weight excluding hydrogens is 238 g/mol. The molecule has 0 aliphatic carbocycles. The molecule has 0 aromatic heterocycles. The van der Waals surface area contributed by atoms with Crippen LogP contribution in [0, 0.1) is 0 Å². The highest BCUT2D eigenvalue weighted by molar-refractivity contribution is 5.79. The monoisotopic (exact) mass is 263 g/mol. The second-order valence-electron chi connectivity index (χ2n) is 4.66. The zero-order valence-electron chi connectivity index (χ0n) is 12.4. The minimum Gasteiger partial charge on any atom is -0.491 e. The van der Waals surface area contributed by atoms with Crippen molar-refractivity contribution >= 4 is 5.96 Å². The number of benzene rings is 1. The molecule has 106 valence electrons. The minimum atomic E-state index is 0.209. The van der Waals surface area contributed by atoms with Gasteiger partial charge in [0.05, 0.1) is 6.10 Å². The van der Waals surface area contributed by atoms with Gasteiger partial charge in [0, 0.05) is 20.1 Å². The Labute approximate surface area is 116 Å².